The molecule has 0 aromatic carbocycles. The Morgan fingerprint density at radius 3 is 2.50 bits per heavy atom. The average Bonchev–Trinajstić information content (AvgIpc) is 2.15. The van der Waals surface area contributed by atoms with E-state index in [1.807, 2.05) is 0 Å². The number of alkyl halides is 3. The Balaban J connectivity index is 3.03. The average molecular weight is 251 g/mol. The Labute approximate surface area is 88.6 Å². The quantitative estimate of drug-likeness (QED) is 0.856. The number of rotatable bonds is 2. The molecule has 86 valence electrons. The Hall–Kier alpha value is -1.82. The topological polar surface area (TPSA) is 82.8 Å². The molecule has 1 aromatic rings. The second-order valence-corrected chi connectivity index (χ2v) is 4.30. The molecule has 0 aliphatic rings. The maximum atomic E-state index is 12.0. The van der Waals surface area contributed by atoms with Crippen LogP contribution in [0.1, 0.15) is 5.56 Å². The molecule has 0 amide bonds. The van der Waals surface area contributed by atoms with E-state index in [1.54, 1.807) is 6.07 Å². The molecule has 0 bridgehead atoms. The van der Waals surface area contributed by atoms with Gasteiger partial charge in [0.2, 0.25) is 0 Å². The summed E-state index contributed by atoms with van der Waals surface area (Å²) in [6.07, 6.45) is 1.95. The summed E-state index contributed by atoms with van der Waals surface area (Å²) in [7, 11) is -5.48. The number of hydrogen-bond acceptors (Lipinski definition) is 4. The molecule has 1 rings (SSSR count). The number of aromatic nitrogens is 1. The molecule has 9 heteroatoms. The third-order valence-corrected chi connectivity index (χ3v) is 2.54. The Bertz CT molecular complexity index is 533. The van der Waals surface area contributed by atoms with E-state index in [0.29, 0.717) is 0 Å². The van der Waals surface area contributed by atoms with Crippen LogP contribution in [-0.2, 0) is 10.0 Å². The number of nitriles is 1. The minimum Gasteiger partial charge on any atom is -0.274 e. The lowest BCUT2D eigenvalue weighted by Crippen LogP contribution is -2.29. The molecule has 1 heterocycles. The molecular formula is C7H4F3N3O2S. The predicted molar refractivity (Wildman–Crippen MR) is 47.5 cm³/mol. The van der Waals surface area contributed by atoms with Gasteiger partial charge in [0, 0.05) is 6.20 Å². The second kappa shape index (κ2) is 3.97. The molecule has 5 nitrogen and oxygen atoms in total. The largest absolute Gasteiger partial charge is 0.516 e. The highest BCUT2D eigenvalue weighted by molar-refractivity contribution is 7.93. The van der Waals surface area contributed by atoms with Crippen molar-refractivity contribution in [1.29, 1.82) is 5.26 Å². The lowest BCUT2D eigenvalue weighted by molar-refractivity contribution is -0.0429. The van der Waals surface area contributed by atoms with Crippen molar-refractivity contribution in [1.82, 2.24) is 4.98 Å². The van der Waals surface area contributed by atoms with Gasteiger partial charge in [-0.1, -0.05) is 0 Å². The standard InChI is InChI=1S/C7H4F3N3O2S/c8-7(9,10)16(14,15)13-6-1-5(2-11)3-12-4-6/h1,3-4,13H. The van der Waals surface area contributed by atoms with Crippen molar-refractivity contribution in [3.63, 3.8) is 0 Å². The van der Waals surface area contributed by atoms with Gasteiger partial charge in [0.25, 0.3) is 0 Å². The monoisotopic (exact) mass is 251 g/mol. The summed E-state index contributed by atoms with van der Waals surface area (Å²) in [5.41, 5.74) is -5.88. The molecule has 1 N–H and O–H groups in total. The molecule has 0 spiro atoms. The molecule has 0 fully saturated rings. The third kappa shape index (κ3) is 2.60. The molecule has 0 aliphatic heterocycles. The van der Waals surface area contributed by atoms with Crippen LogP contribution in [0.15, 0.2) is 18.5 Å². The summed E-state index contributed by atoms with van der Waals surface area (Å²) < 4.78 is 58.5. The molecule has 1 aromatic heterocycles. The van der Waals surface area contributed by atoms with Gasteiger partial charge in [0.1, 0.15) is 6.07 Å². The van der Waals surface area contributed by atoms with E-state index in [2.05, 4.69) is 4.98 Å². The van der Waals surface area contributed by atoms with Crippen LogP contribution in [0.5, 0.6) is 0 Å². The SMILES string of the molecule is N#Cc1cncc(NS(=O)(=O)C(F)(F)F)c1. The number of sulfonamides is 1. The van der Waals surface area contributed by atoms with Crippen molar-refractivity contribution in [2.45, 2.75) is 5.51 Å². The fraction of sp³-hybridized carbons (Fsp3) is 0.143. The predicted octanol–water partition coefficient (Wildman–Crippen LogP) is 1.21. The van der Waals surface area contributed by atoms with Gasteiger partial charge in [0.15, 0.2) is 0 Å². The van der Waals surface area contributed by atoms with Crippen LogP contribution < -0.4 is 4.72 Å². The van der Waals surface area contributed by atoms with Gasteiger partial charge < -0.3 is 0 Å². The molecule has 0 aliphatic carbocycles. The van der Waals surface area contributed by atoms with E-state index < -0.39 is 21.2 Å². The third-order valence-electron chi connectivity index (χ3n) is 1.42. The van der Waals surface area contributed by atoms with Crippen LogP contribution in [0.25, 0.3) is 0 Å². The number of nitrogens with zero attached hydrogens (tertiary/aromatic N) is 2. The zero-order valence-corrected chi connectivity index (χ0v) is 8.30. The Morgan fingerprint density at radius 2 is 2.00 bits per heavy atom. The van der Waals surface area contributed by atoms with Gasteiger partial charge >= 0.3 is 15.5 Å². The highest BCUT2D eigenvalue weighted by Gasteiger charge is 2.46. The molecule has 0 saturated heterocycles. The first-order valence-electron chi connectivity index (χ1n) is 3.70. The molecule has 16 heavy (non-hydrogen) atoms. The fourth-order valence-electron chi connectivity index (χ4n) is 0.770. The molecule has 0 atom stereocenters. The van der Waals surface area contributed by atoms with Crippen molar-refractivity contribution in [3.05, 3.63) is 24.0 Å². The van der Waals surface area contributed by atoms with Gasteiger partial charge in [-0.3, -0.25) is 9.71 Å². The number of pyridine rings is 1. The summed E-state index contributed by atoms with van der Waals surface area (Å²) in [5, 5.41) is 8.43. The lowest BCUT2D eigenvalue weighted by atomic mass is 10.3. The van der Waals surface area contributed by atoms with Gasteiger partial charge in [-0.05, 0) is 6.07 Å². The molecule has 0 saturated carbocycles. The summed E-state index contributed by atoms with van der Waals surface area (Å²) in [6.45, 7) is 0. The zero-order valence-electron chi connectivity index (χ0n) is 7.49. The van der Waals surface area contributed by atoms with Crippen LogP contribution >= 0.6 is 0 Å². The molecular weight excluding hydrogens is 247 g/mol. The number of halogens is 3. The van der Waals surface area contributed by atoms with Crippen LogP contribution in [-0.4, -0.2) is 18.9 Å². The first kappa shape index (κ1) is 12.3. The van der Waals surface area contributed by atoms with Crippen molar-refractivity contribution in [2.24, 2.45) is 0 Å². The first-order valence-corrected chi connectivity index (χ1v) is 5.19. The summed E-state index contributed by atoms with van der Waals surface area (Å²) in [6, 6.07) is 2.55. The molecule has 0 radical (unpaired) electrons. The van der Waals surface area contributed by atoms with E-state index in [-0.39, 0.29) is 5.56 Å². The normalized spacial score (nSPS) is 11.9. The van der Waals surface area contributed by atoms with E-state index in [9.17, 15) is 21.6 Å². The summed E-state index contributed by atoms with van der Waals surface area (Å²) in [4.78, 5) is 3.40. The zero-order chi connectivity index (χ0) is 12.4. The molecule has 0 unspecified atom stereocenters. The fourth-order valence-corrected chi connectivity index (χ4v) is 1.31. The second-order valence-electron chi connectivity index (χ2n) is 2.63. The number of hydrogen-bond donors (Lipinski definition) is 1. The highest BCUT2D eigenvalue weighted by Crippen LogP contribution is 2.25. The number of anilines is 1. The van der Waals surface area contributed by atoms with Crippen molar-refractivity contribution < 1.29 is 21.6 Å². The van der Waals surface area contributed by atoms with E-state index in [0.717, 1.165) is 18.5 Å². The van der Waals surface area contributed by atoms with Crippen molar-refractivity contribution in [2.75, 3.05) is 4.72 Å². The van der Waals surface area contributed by atoms with Crippen LogP contribution in [0, 0.1) is 11.3 Å². The van der Waals surface area contributed by atoms with Gasteiger partial charge in [0.05, 0.1) is 17.4 Å². The summed E-state index contributed by atoms with van der Waals surface area (Å²) >= 11 is 0. The Morgan fingerprint density at radius 1 is 1.38 bits per heavy atom. The number of nitrogens with one attached hydrogen (secondary N) is 1. The van der Waals surface area contributed by atoms with Gasteiger partial charge in [-0.15, -0.1) is 0 Å². The van der Waals surface area contributed by atoms with Crippen molar-refractivity contribution >= 4 is 15.7 Å². The van der Waals surface area contributed by atoms with Gasteiger partial charge in [-0.25, -0.2) is 0 Å². The first-order chi connectivity index (χ1) is 7.26. The Kier molecular flexibility index (Phi) is 3.04. The van der Waals surface area contributed by atoms with Crippen LogP contribution in [0.4, 0.5) is 18.9 Å². The van der Waals surface area contributed by atoms with E-state index in [4.69, 9.17) is 5.26 Å². The van der Waals surface area contributed by atoms with Crippen molar-refractivity contribution in [3.8, 4) is 6.07 Å². The lowest BCUT2D eigenvalue weighted by Gasteiger charge is -2.09. The van der Waals surface area contributed by atoms with E-state index >= 15 is 0 Å². The van der Waals surface area contributed by atoms with Crippen LogP contribution in [0.2, 0.25) is 0 Å². The van der Waals surface area contributed by atoms with Gasteiger partial charge in [-0.2, -0.15) is 26.9 Å². The van der Waals surface area contributed by atoms with Crippen LogP contribution in [0.3, 0.4) is 0 Å². The minimum atomic E-state index is -5.48. The summed E-state index contributed by atoms with van der Waals surface area (Å²) in [5.74, 6) is 0. The highest BCUT2D eigenvalue weighted by atomic mass is 32.2. The maximum absolute atomic E-state index is 12.0. The smallest absolute Gasteiger partial charge is 0.274 e. The minimum absolute atomic E-state index is 0.0534. The maximum Gasteiger partial charge on any atom is 0.516 e. The van der Waals surface area contributed by atoms with E-state index in [1.165, 1.54) is 4.72 Å².